The summed E-state index contributed by atoms with van der Waals surface area (Å²) in [5.74, 6) is 0.107. The summed E-state index contributed by atoms with van der Waals surface area (Å²) < 4.78 is 6.87. The van der Waals surface area contributed by atoms with Crippen LogP contribution in [0.1, 0.15) is 5.56 Å². The molecule has 0 saturated carbocycles. The van der Waals surface area contributed by atoms with Crippen LogP contribution < -0.4 is 10.9 Å². The van der Waals surface area contributed by atoms with E-state index in [0.717, 1.165) is 22.2 Å². The second kappa shape index (κ2) is 7.00. The van der Waals surface area contributed by atoms with Gasteiger partial charge >= 0.3 is 5.63 Å². The Morgan fingerprint density at radius 2 is 1.97 bits per heavy atom. The van der Waals surface area contributed by atoms with Crippen LogP contribution >= 0.6 is 0 Å². The van der Waals surface area contributed by atoms with Crippen LogP contribution in [0.3, 0.4) is 0 Å². The van der Waals surface area contributed by atoms with E-state index in [0.29, 0.717) is 22.3 Å². The first-order valence-electron chi connectivity index (χ1n) is 9.38. The highest BCUT2D eigenvalue weighted by Gasteiger charge is 2.16. The highest BCUT2D eigenvalue weighted by Crippen LogP contribution is 2.24. The lowest BCUT2D eigenvalue weighted by Gasteiger charge is -2.06. The van der Waals surface area contributed by atoms with E-state index in [1.54, 1.807) is 12.1 Å². The Kier molecular flexibility index (Phi) is 4.17. The number of rotatable bonds is 4. The number of hydrogen-bond acceptors (Lipinski definition) is 5. The number of nitrogens with zero attached hydrogens (tertiary/aromatic N) is 3. The highest BCUT2D eigenvalue weighted by atomic mass is 16.4. The molecule has 0 saturated heterocycles. The zero-order chi connectivity index (χ0) is 20.7. The van der Waals surface area contributed by atoms with Crippen molar-refractivity contribution < 1.29 is 9.21 Å². The van der Waals surface area contributed by atoms with Crippen molar-refractivity contribution in [2.45, 2.75) is 13.5 Å². The van der Waals surface area contributed by atoms with Gasteiger partial charge < -0.3 is 9.73 Å². The number of amides is 1. The maximum Gasteiger partial charge on any atom is 0.347 e. The molecule has 0 spiro atoms. The molecule has 8 heteroatoms. The zero-order valence-corrected chi connectivity index (χ0v) is 16.0. The molecule has 0 unspecified atom stereocenters. The average molecular weight is 399 g/mol. The van der Waals surface area contributed by atoms with E-state index in [2.05, 4.69) is 20.6 Å². The van der Waals surface area contributed by atoms with Gasteiger partial charge in [0.2, 0.25) is 5.91 Å². The lowest BCUT2D eigenvalue weighted by Crippen LogP contribution is -2.19. The Morgan fingerprint density at radius 1 is 1.13 bits per heavy atom. The molecule has 0 aliphatic heterocycles. The van der Waals surface area contributed by atoms with E-state index in [9.17, 15) is 9.59 Å². The summed E-state index contributed by atoms with van der Waals surface area (Å²) in [4.78, 5) is 24.9. The van der Waals surface area contributed by atoms with Gasteiger partial charge in [0.15, 0.2) is 5.82 Å². The first kappa shape index (κ1) is 17.9. The van der Waals surface area contributed by atoms with Crippen LogP contribution in [0.5, 0.6) is 0 Å². The van der Waals surface area contributed by atoms with Gasteiger partial charge in [-0.3, -0.25) is 14.6 Å². The van der Waals surface area contributed by atoms with E-state index in [1.807, 2.05) is 49.4 Å². The number of benzene rings is 2. The number of H-pyrrole nitrogens is 1. The normalized spacial score (nSPS) is 11.2. The Bertz CT molecular complexity index is 1450. The second-order valence-electron chi connectivity index (χ2n) is 7.03. The predicted molar refractivity (Wildman–Crippen MR) is 113 cm³/mol. The molecule has 5 aromatic rings. The fourth-order valence-electron chi connectivity index (χ4n) is 3.48. The van der Waals surface area contributed by atoms with Gasteiger partial charge in [0.1, 0.15) is 17.5 Å². The van der Waals surface area contributed by atoms with Crippen LogP contribution in [0.25, 0.3) is 33.1 Å². The van der Waals surface area contributed by atoms with Crippen molar-refractivity contribution >= 4 is 33.6 Å². The summed E-state index contributed by atoms with van der Waals surface area (Å²) in [5, 5.41) is 15.1. The summed E-state index contributed by atoms with van der Waals surface area (Å²) in [7, 11) is 0. The van der Waals surface area contributed by atoms with Crippen LogP contribution in [0.2, 0.25) is 0 Å². The molecule has 1 amide bonds. The van der Waals surface area contributed by atoms with Crippen molar-refractivity contribution in [1.29, 1.82) is 0 Å². The van der Waals surface area contributed by atoms with Crippen molar-refractivity contribution in [3.63, 3.8) is 0 Å². The molecule has 0 atom stereocenters. The standard InChI is InChI=1S/C22H17N5O3/c1-13-7-8-18-15(9-13)21-16(22(29)30-18)11-23-27(21)12-20(28)24-19-10-17(25-26-19)14-5-3-2-4-6-14/h2-11H,12H2,1H3,(H2,24,25,26,28). The number of fused-ring (bicyclic) bond motifs is 3. The van der Waals surface area contributed by atoms with Crippen LogP contribution in [-0.4, -0.2) is 25.9 Å². The topological polar surface area (TPSA) is 106 Å². The van der Waals surface area contributed by atoms with Gasteiger partial charge in [-0.15, -0.1) is 0 Å². The van der Waals surface area contributed by atoms with Crippen LogP contribution in [0, 0.1) is 6.92 Å². The summed E-state index contributed by atoms with van der Waals surface area (Å²) in [6.45, 7) is 1.88. The highest BCUT2D eigenvalue weighted by molar-refractivity contribution is 6.03. The van der Waals surface area contributed by atoms with Crippen LogP contribution in [0.15, 0.2) is 70.0 Å². The third kappa shape index (κ3) is 3.14. The molecule has 0 radical (unpaired) electrons. The molecule has 5 rings (SSSR count). The van der Waals surface area contributed by atoms with E-state index in [4.69, 9.17) is 4.42 Å². The van der Waals surface area contributed by atoms with Gasteiger partial charge in [0, 0.05) is 11.5 Å². The molecule has 0 aliphatic carbocycles. The van der Waals surface area contributed by atoms with Crippen LogP contribution in [0.4, 0.5) is 5.82 Å². The number of hydrogen-bond donors (Lipinski definition) is 2. The van der Waals surface area contributed by atoms with Crippen molar-refractivity contribution in [3.8, 4) is 11.3 Å². The summed E-state index contributed by atoms with van der Waals surface area (Å²) in [6.07, 6.45) is 1.43. The average Bonchev–Trinajstić information content (AvgIpc) is 3.37. The largest absolute Gasteiger partial charge is 0.422 e. The second-order valence-corrected chi connectivity index (χ2v) is 7.03. The van der Waals surface area contributed by atoms with Gasteiger partial charge in [-0.1, -0.05) is 42.0 Å². The summed E-state index contributed by atoms with van der Waals surface area (Å²) >= 11 is 0. The predicted octanol–water partition coefficient (Wildman–Crippen LogP) is 3.48. The zero-order valence-electron chi connectivity index (χ0n) is 16.0. The van der Waals surface area contributed by atoms with Crippen molar-refractivity contribution in [2.75, 3.05) is 5.32 Å². The first-order valence-corrected chi connectivity index (χ1v) is 9.38. The molecule has 3 heterocycles. The van der Waals surface area contributed by atoms with E-state index < -0.39 is 5.63 Å². The Hall–Kier alpha value is -4.20. The maximum atomic E-state index is 12.6. The van der Waals surface area contributed by atoms with Gasteiger partial charge in [-0.25, -0.2) is 4.79 Å². The molecule has 2 aromatic carbocycles. The van der Waals surface area contributed by atoms with E-state index >= 15 is 0 Å². The molecule has 2 N–H and O–H groups in total. The molecule has 0 fully saturated rings. The lowest BCUT2D eigenvalue weighted by molar-refractivity contribution is -0.116. The van der Waals surface area contributed by atoms with Gasteiger partial charge in [-0.05, 0) is 24.6 Å². The monoisotopic (exact) mass is 399 g/mol. The number of carbonyl (C=O) groups excluding carboxylic acids is 1. The number of carbonyl (C=O) groups is 1. The molecule has 8 nitrogen and oxygen atoms in total. The molecule has 30 heavy (non-hydrogen) atoms. The Labute approximate surface area is 170 Å². The minimum absolute atomic E-state index is 0.0659. The quantitative estimate of drug-likeness (QED) is 0.450. The van der Waals surface area contributed by atoms with E-state index in [1.165, 1.54) is 10.9 Å². The van der Waals surface area contributed by atoms with Gasteiger partial charge in [0.05, 0.1) is 17.4 Å². The fourth-order valence-corrected chi connectivity index (χ4v) is 3.48. The third-order valence-corrected chi connectivity index (χ3v) is 4.88. The number of aromatic amines is 1. The Morgan fingerprint density at radius 3 is 2.80 bits per heavy atom. The minimum Gasteiger partial charge on any atom is -0.422 e. The van der Waals surface area contributed by atoms with E-state index in [-0.39, 0.29) is 12.5 Å². The lowest BCUT2D eigenvalue weighted by atomic mass is 10.1. The maximum absolute atomic E-state index is 12.6. The smallest absolute Gasteiger partial charge is 0.347 e. The SMILES string of the molecule is Cc1ccc2oc(=O)c3cnn(CC(=O)Nc4cc(-c5ccccc5)[nH]n4)c3c2c1. The molecule has 148 valence electrons. The third-order valence-electron chi connectivity index (χ3n) is 4.88. The molecule has 0 bridgehead atoms. The first-order chi connectivity index (χ1) is 14.6. The summed E-state index contributed by atoms with van der Waals surface area (Å²) in [5.41, 5.74) is 3.34. The van der Waals surface area contributed by atoms with Crippen molar-refractivity contribution in [1.82, 2.24) is 20.0 Å². The van der Waals surface area contributed by atoms with Crippen molar-refractivity contribution in [2.24, 2.45) is 0 Å². The number of anilines is 1. The number of nitrogens with one attached hydrogen (secondary N) is 2. The number of aromatic nitrogens is 4. The van der Waals surface area contributed by atoms with Crippen molar-refractivity contribution in [3.05, 3.63) is 76.8 Å². The molecular formula is C22H17N5O3. The molecule has 3 aromatic heterocycles. The summed E-state index contributed by atoms with van der Waals surface area (Å²) in [6, 6.07) is 17.0. The Balaban J connectivity index is 1.44. The van der Waals surface area contributed by atoms with Gasteiger partial charge in [0.25, 0.3) is 0 Å². The van der Waals surface area contributed by atoms with Crippen LogP contribution in [-0.2, 0) is 11.3 Å². The molecule has 0 aliphatic rings. The fraction of sp³-hybridized carbons (Fsp3) is 0.0909. The van der Waals surface area contributed by atoms with Gasteiger partial charge in [-0.2, -0.15) is 10.2 Å². The minimum atomic E-state index is -0.479. The number of aryl methyl sites for hydroxylation is 1. The molecular weight excluding hydrogens is 382 g/mol.